The molecule has 0 radical (unpaired) electrons. The molecule has 0 saturated carbocycles. The van der Waals surface area contributed by atoms with Gasteiger partial charge in [0.2, 0.25) is 5.69 Å². The summed E-state index contributed by atoms with van der Waals surface area (Å²) in [4.78, 5) is 27.5. The van der Waals surface area contributed by atoms with Gasteiger partial charge in [0.25, 0.3) is 5.91 Å². The van der Waals surface area contributed by atoms with Crippen molar-refractivity contribution >= 4 is 11.6 Å². The van der Waals surface area contributed by atoms with Crippen molar-refractivity contribution in [2.45, 2.75) is 25.8 Å². The third-order valence-electron chi connectivity index (χ3n) is 4.45. The van der Waals surface area contributed by atoms with Crippen LogP contribution in [-0.2, 0) is 7.05 Å². The Morgan fingerprint density at radius 1 is 1.38 bits per heavy atom. The number of hydrogen-bond acceptors (Lipinski definition) is 5. The minimum atomic E-state index is -0.513. The van der Waals surface area contributed by atoms with E-state index in [1.807, 2.05) is 0 Å². The largest absolute Gasteiger partial charge is 0.334 e. The van der Waals surface area contributed by atoms with Crippen molar-refractivity contribution in [1.82, 2.24) is 19.6 Å². The van der Waals surface area contributed by atoms with Gasteiger partial charge in [-0.1, -0.05) is 0 Å². The van der Waals surface area contributed by atoms with Crippen LogP contribution in [0.15, 0.2) is 0 Å². The third-order valence-corrected chi connectivity index (χ3v) is 4.45. The number of aryl methyl sites for hydroxylation is 2. The molecule has 0 bridgehead atoms. The quantitative estimate of drug-likeness (QED) is 0.587. The average Bonchev–Trinajstić information content (AvgIpc) is 3.00. The van der Waals surface area contributed by atoms with Crippen molar-refractivity contribution in [3.8, 4) is 0 Å². The molecule has 0 N–H and O–H groups in total. The van der Waals surface area contributed by atoms with E-state index in [9.17, 15) is 14.9 Å². The van der Waals surface area contributed by atoms with Crippen LogP contribution in [0.3, 0.4) is 0 Å². The number of piperazine rings is 1. The fourth-order valence-electron chi connectivity index (χ4n) is 3.43. The Bertz CT molecular complexity index is 597. The van der Waals surface area contributed by atoms with Crippen LogP contribution in [0.1, 0.15) is 29.0 Å². The molecule has 1 unspecified atom stereocenters. The first-order valence-corrected chi connectivity index (χ1v) is 7.20. The minimum absolute atomic E-state index is 0.0870. The van der Waals surface area contributed by atoms with Crippen molar-refractivity contribution in [3.63, 3.8) is 0 Å². The maximum absolute atomic E-state index is 12.7. The van der Waals surface area contributed by atoms with Gasteiger partial charge < -0.3 is 4.90 Å². The molecule has 1 aromatic heterocycles. The molecular weight excluding hydrogens is 274 g/mol. The van der Waals surface area contributed by atoms with Crippen molar-refractivity contribution in [3.05, 3.63) is 21.5 Å². The normalized spacial score (nSPS) is 22.4. The van der Waals surface area contributed by atoms with Crippen LogP contribution in [0.2, 0.25) is 0 Å². The lowest BCUT2D eigenvalue weighted by Crippen LogP contribution is -2.52. The van der Waals surface area contributed by atoms with Gasteiger partial charge >= 0.3 is 5.69 Å². The summed E-state index contributed by atoms with van der Waals surface area (Å²) >= 11 is 0. The highest BCUT2D eigenvalue weighted by Crippen LogP contribution is 2.26. The summed E-state index contributed by atoms with van der Waals surface area (Å²) in [5, 5.41) is 15.2. The molecule has 1 atom stereocenters. The molecule has 1 aromatic rings. The number of amides is 1. The van der Waals surface area contributed by atoms with Crippen LogP contribution in [0, 0.1) is 17.0 Å². The Balaban J connectivity index is 1.87. The van der Waals surface area contributed by atoms with Crippen LogP contribution < -0.4 is 0 Å². The lowest BCUT2D eigenvalue weighted by atomic mass is 10.1. The Labute approximate surface area is 122 Å². The summed E-state index contributed by atoms with van der Waals surface area (Å²) in [5.74, 6) is -0.281. The van der Waals surface area contributed by atoms with E-state index in [2.05, 4.69) is 10.00 Å². The van der Waals surface area contributed by atoms with E-state index >= 15 is 0 Å². The van der Waals surface area contributed by atoms with Crippen LogP contribution in [-0.4, -0.2) is 62.6 Å². The zero-order valence-corrected chi connectivity index (χ0v) is 12.3. The van der Waals surface area contributed by atoms with Gasteiger partial charge in [0.1, 0.15) is 5.69 Å². The molecule has 0 aromatic carbocycles. The number of carbonyl (C=O) groups is 1. The van der Waals surface area contributed by atoms with Crippen LogP contribution in [0.25, 0.3) is 0 Å². The molecule has 0 spiro atoms. The molecule has 2 saturated heterocycles. The number of aromatic nitrogens is 2. The lowest BCUT2D eigenvalue weighted by Gasteiger charge is -2.37. The second-order valence-electron chi connectivity index (χ2n) is 5.75. The highest BCUT2D eigenvalue weighted by molar-refractivity contribution is 5.97. The highest BCUT2D eigenvalue weighted by Gasteiger charge is 2.37. The summed E-state index contributed by atoms with van der Waals surface area (Å²) in [6.45, 7) is 4.78. The molecular formula is C13H19N5O3. The Morgan fingerprint density at radius 3 is 2.86 bits per heavy atom. The monoisotopic (exact) mass is 293 g/mol. The fraction of sp³-hybridized carbons (Fsp3) is 0.692. The maximum atomic E-state index is 12.7. The number of carbonyl (C=O) groups excluding carboxylic acids is 1. The summed E-state index contributed by atoms with van der Waals surface area (Å²) in [6.07, 6.45) is 2.26. The van der Waals surface area contributed by atoms with Gasteiger partial charge in [0.15, 0.2) is 0 Å². The summed E-state index contributed by atoms with van der Waals surface area (Å²) in [6, 6.07) is 0.399. The maximum Gasteiger partial charge on any atom is 0.322 e. The van der Waals surface area contributed by atoms with Crippen molar-refractivity contribution < 1.29 is 9.72 Å². The molecule has 3 rings (SSSR count). The van der Waals surface area contributed by atoms with Gasteiger partial charge in [-0.25, -0.2) is 0 Å². The average molecular weight is 293 g/mol. The predicted octanol–water partition coefficient (Wildman–Crippen LogP) is 0.557. The van der Waals surface area contributed by atoms with E-state index in [1.165, 1.54) is 4.68 Å². The van der Waals surface area contributed by atoms with Gasteiger partial charge in [-0.15, -0.1) is 0 Å². The minimum Gasteiger partial charge on any atom is -0.334 e. The Morgan fingerprint density at radius 2 is 2.14 bits per heavy atom. The topological polar surface area (TPSA) is 84.5 Å². The standard InChI is InChI=1S/C13H19N5O3/c1-9-11(18(20)21)12(15(2)14-9)13(19)17-7-6-16-5-3-4-10(16)8-17/h10H,3-8H2,1-2H3. The van der Waals surface area contributed by atoms with Crippen molar-refractivity contribution in [2.75, 3.05) is 26.2 Å². The highest BCUT2D eigenvalue weighted by atomic mass is 16.6. The smallest absolute Gasteiger partial charge is 0.322 e. The second kappa shape index (κ2) is 5.10. The first-order chi connectivity index (χ1) is 9.99. The zero-order chi connectivity index (χ0) is 15.1. The Hall–Kier alpha value is -1.96. The van der Waals surface area contributed by atoms with E-state index in [0.717, 1.165) is 25.9 Å². The van der Waals surface area contributed by atoms with E-state index in [-0.39, 0.29) is 23.0 Å². The van der Waals surface area contributed by atoms with Gasteiger partial charge in [-0.3, -0.25) is 24.5 Å². The Kier molecular flexibility index (Phi) is 3.40. The summed E-state index contributed by atoms with van der Waals surface area (Å²) < 4.78 is 1.33. The molecule has 1 amide bonds. The summed E-state index contributed by atoms with van der Waals surface area (Å²) in [7, 11) is 1.58. The molecule has 8 heteroatoms. The molecule has 21 heavy (non-hydrogen) atoms. The van der Waals surface area contributed by atoms with Crippen LogP contribution >= 0.6 is 0 Å². The van der Waals surface area contributed by atoms with E-state index < -0.39 is 4.92 Å². The second-order valence-corrected chi connectivity index (χ2v) is 5.75. The first-order valence-electron chi connectivity index (χ1n) is 7.20. The molecule has 2 aliphatic heterocycles. The van der Waals surface area contributed by atoms with E-state index in [0.29, 0.717) is 19.1 Å². The van der Waals surface area contributed by atoms with Gasteiger partial charge in [-0.05, 0) is 26.3 Å². The molecule has 0 aliphatic carbocycles. The SMILES string of the molecule is Cc1nn(C)c(C(=O)N2CCN3CCCC3C2)c1[N+](=O)[O-]. The lowest BCUT2D eigenvalue weighted by molar-refractivity contribution is -0.385. The number of nitrogens with zero attached hydrogens (tertiary/aromatic N) is 5. The predicted molar refractivity (Wildman–Crippen MR) is 75.1 cm³/mol. The molecule has 3 heterocycles. The van der Waals surface area contributed by atoms with Gasteiger partial charge in [0, 0.05) is 32.7 Å². The molecule has 8 nitrogen and oxygen atoms in total. The van der Waals surface area contributed by atoms with Crippen molar-refractivity contribution in [2.24, 2.45) is 7.05 Å². The third kappa shape index (κ3) is 2.29. The first kappa shape index (κ1) is 14.0. The van der Waals surface area contributed by atoms with Crippen molar-refractivity contribution in [1.29, 1.82) is 0 Å². The van der Waals surface area contributed by atoms with Gasteiger partial charge in [-0.2, -0.15) is 5.10 Å². The molecule has 2 aliphatic rings. The molecule has 2 fully saturated rings. The van der Waals surface area contributed by atoms with E-state index in [1.54, 1.807) is 18.9 Å². The van der Waals surface area contributed by atoms with Crippen LogP contribution in [0.5, 0.6) is 0 Å². The van der Waals surface area contributed by atoms with E-state index in [4.69, 9.17) is 0 Å². The fourth-order valence-corrected chi connectivity index (χ4v) is 3.43. The van der Waals surface area contributed by atoms with Crippen LogP contribution in [0.4, 0.5) is 5.69 Å². The number of hydrogen-bond donors (Lipinski definition) is 0. The molecule has 114 valence electrons. The number of nitro groups is 1. The number of rotatable bonds is 2. The van der Waals surface area contributed by atoms with Gasteiger partial charge in [0.05, 0.1) is 4.92 Å². The summed E-state index contributed by atoms with van der Waals surface area (Å²) in [5.41, 5.74) is 0.200. The number of fused-ring (bicyclic) bond motifs is 1. The zero-order valence-electron chi connectivity index (χ0n) is 12.3.